The molecule has 0 N–H and O–H groups in total. The number of carbonyl (C=O) groups excluding carboxylic acids is 1. The summed E-state index contributed by atoms with van der Waals surface area (Å²) in [6.07, 6.45) is 4.56. The summed E-state index contributed by atoms with van der Waals surface area (Å²) < 4.78 is 5.73. The van der Waals surface area contributed by atoms with Crippen LogP contribution in [0.3, 0.4) is 0 Å². The van der Waals surface area contributed by atoms with Crippen molar-refractivity contribution in [1.29, 1.82) is 0 Å². The van der Waals surface area contributed by atoms with E-state index in [2.05, 4.69) is 27.4 Å². The third kappa shape index (κ3) is 1.20. The van der Waals surface area contributed by atoms with E-state index in [0.29, 0.717) is 12.3 Å². The molecule has 0 amide bonds. The highest BCUT2D eigenvalue weighted by molar-refractivity contribution is 6.01. The second-order valence-electron chi connectivity index (χ2n) is 6.64. The van der Waals surface area contributed by atoms with Crippen molar-refractivity contribution in [3.63, 3.8) is 0 Å². The van der Waals surface area contributed by atoms with Crippen LogP contribution in [0.4, 0.5) is 0 Å². The van der Waals surface area contributed by atoms with Gasteiger partial charge in [-0.3, -0.25) is 4.99 Å². The van der Waals surface area contributed by atoms with Gasteiger partial charge in [0.1, 0.15) is 6.10 Å². The summed E-state index contributed by atoms with van der Waals surface area (Å²) >= 11 is 0. The van der Waals surface area contributed by atoms with Gasteiger partial charge in [0, 0.05) is 11.3 Å². The Labute approximate surface area is 108 Å². The van der Waals surface area contributed by atoms with Gasteiger partial charge in [-0.25, -0.2) is 4.79 Å². The Morgan fingerprint density at radius 2 is 2.22 bits per heavy atom. The summed E-state index contributed by atoms with van der Waals surface area (Å²) in [7, 11) is 0. The molecule has 0 unspecified atom stereocenters. The highest BCUT2D eigenvalue weighted by atomic mass is 16.5. The molecule has 2 bridgehead atoms. The highest BCUT2D eigenvalue weighted by Gasteiger charge is 2.67. The molecule has 0 saturated heterocycles. The molecule has 2 saturated carbocycles. The average Bonchev–Trinajstić information content (AvgIpc) is 2.62. The zero-order valence-electron chi connectivity index (χ0n) is 11.4. The largest absolute Gasteiger partial charge is 0.454 e. The van der Waals surface area contributed by atoms with E-state index in [1.807, 2.05) is 0 Å². The zero-order valence-corrected chi connectivity index (χ0v) is 11.4. The van der Waals surface area contributed by atoms with Crippen molar-refractivity contribution < 1.29 is 9.53 Å². The number of ether oxygens (including phenoxy) is 1. The van der Waals surface area contributed by atoms with Crippen molar-refractivity contribution in [3.05, 3.63) is 12.7 Å². The SMILES string of the molecule is C=CC[C@H]1N=C2[C@H]3CC[C@@](C)([C@@H]2OC1=O)C3(C)C. The van der Waals surface area contributed by atoms with Gasteiger partial charge in [-0.1, -0.05) is 26.8 Å². The minimum atomic E-state index is -0.354. The Balaban J connectivity index is 2.04. The number of fused-ring (bicyclic) bond motifs is 5. The zero-order chi connectivity index (χ0) is 13.1. The van der Waals surface area contributed by atoms with E-state index in [9.17, 15) is 4.79 Å². The first-order chi connectivity index (χ1) is 8.41. The number of nitrogens with zero attached hydrogens (tertiary/aromatic N) is 1. The van der Waals surface area contributed by atoms with Crippen molar-refractivity contribution in [2.45, 2.75) is 52.2 Å². The van der Waals surface area contributed by atoms with Gasteiger partial charge >= 0.3 is 5.97 Å². The Kier molecular flexibility index (Phi) is 2.30. The van der Waals surface area contributed by atoms with E-state index in [1.165, 1.54) is 6.42 Å². The summed E-state index contributed by atoms with van der Waals surface area (Å²) in [5, 5.41) is 0. The lowest BCUT2D eigenvalue weighted by Gasteiger charge is -2.39. The van der Waals surface area contributed by atoms with Gasteiger partial charge in [-0.2, -0.15) is 0 Å². The van der Waals surface area contributed by atoms with Crippen LogP contribution in [0.25, 0.3) is 0 Å². The molecule has 2 fully saturated rings. The van der Waals surface area contributed by atoms with Crippen LogP contribution in [-0.2, 0) is 9.53 Å². The third-order valence-electron chi connectivity index (χ3n) is 5.70. The van der Waals surface area contributed by atoms with E-state index >= 15 is 0 Å². The van der Waals surface area contributed by atoms with Crippen LogP contribution in [0.15, 0.2) is 17.6 Å². The molecule has 3 rings (SSSR count). The standard InChI is InChI=1S/C15H21NO2/c1-5-6-10-13(17)18-12-11(16-10)9-7-8-15(12,4)14(9,2)3/h5,9-10,12H,1,6-8H2,2-4H3/t9-,10-,12-,15+/m1/s1. The van der Waals surface area contributed by atoms with Crippen LogP contribution in [0.5, 0.6) is 0 Å². The van der Waals surface area contributed by atoms with Crippen LogP contribution < -0.4 is 0 Å². The van der Waals surface area contributed by atoms with Crippen molar-refractivity contribution in [2.75, 3.05) is 0 Å². The van der Waals surface area contributed by atoms with E-state index in [1.54, 1.807) is 6.08 Å². The molecule has 3 nitrogen and oxygen atoms in total. The smallest absolute Gasteiger partial charge is 0.331 e. The summed E-state index contributed by atoms with van der Waals surface area (Å²) in [4.78, 5) is 16.7. The number of rotatable bonds is 2. The molecule has 3 aliphatic rings. The molecule has 18 heavy (non-hydrogen) atoms. The predicted octanol–water partition coefficient (Wildman–Crippen LogP) is 2.75. The monoisotopic (exact) mass is 247 g/mol. The molecule has 0 radical (unpaired) electrons. The van der Waals surface area contributed by atoms with Crippen molar-refractivity contribution in [2.24, 2.45) is 21.7 Å². The van der Waals surface area contributed by atoms with Gasteiger partial charge in [0.25, 0.3) is 0 Å². The number of hydrogen-bond donors (Lipinski definition) is 0. The van der Waals surface area contributed by atoms with Crippen molar-refractivity contribution in [1.82, 2.24) is 0 Å². The minimum Gasteiger partial charge on any atom is -0.454 e. The van der Waals surface area contributed by atoms with Gasteiger partial charge < -0.3 is 4.74 Å². The average molecular weight is 247 g/mol. The summed E-state index contributed by atoms with van der Waals surface area (Å²) in [6.45, 7) is 10.5. The maximum absolute atomic E-state index is 12.0. The predicted molar refractivity (Wildman–Crippen MR) is 70.5 cm³/mol. The molecule has 98 valence electrons. The number of carbonyl (C=O) groups is 1. The Bertz CT molecular complexity index is 451. The Morgan fingerprint density at radius 3 is 2.89 bits per heavy atom. The fraction of sp³-hybridized carbons (Fsp3) is 0.733. The van der Waals surface area contributed by atoms with E-state index in [0.717, 1.165) is 12.1 Å². The third-order valence-corrected chi connectivity index (χ3v) is 5.70. The first-order valence-electron chi connectivity index (χ1n) is 6.81. The molecule has 3 heteroatoms. The van der Waals surface area contributed by atoms with Gasteiger partial charge in [0.2, 0.25) is 0 Å². The van der Waals surface area contributed by atoms with E-state index in [4.69, 9.17) is 9.73 Å². The lowest BCUT2D eigenvalue weighted by molar-refractivity contribution is -0.155. The van der Waals surface area contributed by atoms with Gasteiger partial charge in [-0.05, 0) is 24.7 Å². The maximum atomic E-state index is 12.0. The first kappa shape index (κ1) is 11.9. The molecular weight excluding hydrogens is 226 g/mol. The summed E-state index contributed by atoms with van der Waals surface area (Å²) in [5.74, 6) is 0.307. The molecule has 1 heterocycles. The molecule has 2 aliphatic carbocycles. The normalized spacial score (nSPS) is 44.3. The lowest BCUT2D eigenvalue weighted by atomic mass is 9.70. The molecule has 4 atom stereocenters. The number of aliphatic imine (C=N–C) groups is 1. The van der Waals surface area contributed by atoms with E-state index < -0.39 is 0 Å². The summed E-state index contributed by atoms with van der Waals surface area (Å²) in [6, 6.07) is -0.354. The number of hydrogen-bond acceptors (Lipinski definition) is 3. The molecule has 0 spiro atoms. The van der Waals surface area contributed by atoms with Gasteiger partial charge in [0.15, 0.2) is 6.04 Å². The highest BCUT2D eigenvalue weighted by Crippen LogP contribution is 2.65. The molecule has 0 aromatic rings. The van der Waals surface area contributed by atoms with Crippen LogP contribution in [0.1, 0.15) is 40.0 Å². The summed E-state index contributed by atoms with van der Waals surface area (Å²) in [5.41, 5.74) is 1.38. The van der Waals surface area contributed by atoms with E-state index in [-0.39, 0.29) is 28.9 Å². The molecule has 0 aromatic heterocycles. The second kappa shape index (κ2) is 3.46. The second-order valence-corrected chi connectivity index (χ2v) is 6.64. The molecule has 0 aromatic carbocycles. The first-order valence-corrected chi connectivity index (χ1v) is 6.81. The fourth-order valence-corrected chi connectivity index (χ4v) is 4.10. The maximum Gasteiger partial charge on any atom is 0.331 e. The fourth-order valence-electron chi connectivity index (χ4n) is 4.10. The van der Waals surface area contributed by atoms with Crippen LogP contribution in [0.2, 0.25) is 0 Å². The van der Waals surface area contributed by atoms with Crippen molar-refractivity contribution in [3.8, 4) is 0 Å². The molecular formula is C15H21NO2. The minimum absolute atomic E-state index is 0.0608. The van der Waals surface area contributed by atoms with Gasteiger partial charge in [-0.15, -0.1) is 6.58 Å². The Morgan fingerprint density at radius 1 is 1.50 bits per heavy atom. The van der Waals surface area contributed by atoms with Crippen LogP contribution >= 0.6 is 0 Å². The van der Waals surface area contributed by atoms with Crippen LogP contribution in [-0.4, -0.2) is 23.8 Å². The Hall–Kier alpha value is -1.12. The molecule has 1 aliphatic heterocycles. The topological polar surface area (TPSA) is 38.7 Å². The van der Waals surface area contributed by atoms with Crippen molar-refractivity contribution >= 4 is 11.7 Å². The number of esters is 1. The lowest BCUT2D eigenvalue weighted by Crippen LogP contribution is -2.46. The quantitative estimate of drug-likeness (QED) is 0.556. The van der Waals surface area contributed by atoms with Gasteiger partial charge in [0.05, 0.1) is 5.71 Å². The van der Waals surface area contributed by atoms with Crippen LogP contribution in [0, 0.1) is 16.7 Å².